The molecule has 0 nitrogen and oxygen atoms in total. The number of allylic oxidation sites excluding steroid dienone is 1. The van der Waals surface area contributed by atoms with Crippen molar-refractivity contribution >= 4 is 0 Å². The van der Waals surface area contributed by atoms with Crippen molar-refractivity contribution in [1.29, 1.82) is 0 Å². The molecule has 1 aliphatic carbocycles. The average molecular weight is 111 g/mol. The molecule has 1 rings (SSSR count). The quantitative estimate of drug-likeness (QED) is 0.456. The van der Waals surface area contributed by atoms with Crippen molar-refractivity contribution < 1.29 is 1.37 Å². The molecule has 1 saturated carbocycles. The fraction of sp³-hybridized carbons (Fsp3) is 0.750. The van der Waals surface area contributed by atoms with E-state index in [1.807, 2.05) is 6.08 Å². The minimum atomic E-state index is 0.0926. The lowest BCUT2D eigenvalue weighted by Gasteiger charge is -2.40. The Kier molecular flexibility index (Phi) is 0.927. The molecule has 0 heterocycles. The van der Waals surface area contributed by atoms with Crippen molar-refractivity contribution in [2.75, 3.05) is 0 Å². The summed E-state index contributed by atoms with van der Waals surface area (Å²) in [5.41, 5.74) is 0.249. The first-order valence-electron chi connectivity index (χ1n) is 3.70. The number of rotatable bonds is 1. The van der Waals surface area contributed by atoms with Gasteiger partial charge in [0.15, 0.2) is 0 Å². The zero-order valence-electron chi connectivity index (χ0n) is 6.65. The lowest BCUT2D eigenvalue weighted by atomic mass is 9.65. The molecule has 46 valence electrons. The van der Waals surface area contributed by atoms with Crippen LogP contribution in [0, 0.1) is 11.3 Å². The minimum absolute atomic E-state index is 0.0926. The zero-order chi connectivity index (χ0) is 7.07. The van der Waals surface area contributed by atoms with E-state index in [0.29, 0.717) is 5.92 Å². The highest BCUT2D eigenvalue weighted by atomic mass is 14.4. The van der Waals surface area contributed by atoms with Gasteiger partial charge in [-0.1, -0.05) is 19.9 Å². The Balaban J connectivity index is 2.50. The first-order chi connectivity index (χ1) is 4.08. The molecule has 0 aromatic rings. The second-order valence-electron chi connectivity index (χ2n) is 3.26. The third-order valence-corrected chi connectivity index (χ3v) is 1.73. The van der Waals surface area contributed by atoms with E-state index in [1.165, 1.54) is 0 Å². The van der Waals surface area contributed by atoms with E-state index in [2.05, 4.69) is 20.4 Å². The molecule has 0 N–H and O–H groups in total. The van der Waals surface area contributed by atoms with Gasteiger partial charge in [0.1, 0.15) is 0 Å². The number of hydrogen-bond acceptors (Lipinski definition) is 0. The molecule has 0 radical (unpaired) electrons. The van der Waals surface area contributed by atoms with Crippen molar-refractivity contribution in [3.05, 3.63) is 12.7 Å². The highest BCUT2D eigenvalue weighted by Crippen LogP contribution is 2.44. The van der Waals surface area contributed by atoms with Crippen LogP contribution in [-0.4, -0.2) is 0 Å². The summed E-state index contributed by atoms with van der Waals surface area (Å²) in [6.07, 6.45) is 3.14. The molecule has 1 aliphatic rings. The van der Waals surface area contributed by atoms with Crippen LogP contribution in [0.4, 0.5) is 0 Å². The molecule has 0 saturated heterocycles. The molecule has 0 amide bonds. The molecule has 1 fully saturated rings. The molecule has 0 aromatic heterocycles. The Bertz CT molecular complexity index is 127. The van der Waals surface area contributed by atoms with Crippen LogP contribution in [0.1, 0.15) is 28.0 Å². The van der Waals surface area contributed by atoms with Gasteiger partial charge in [0.05, 0.1) is 0 Å². The van der Waals surface area contributed by atoms with E-state index in [-0.39, 0.29) is 11.8 Å². The van der Waals surface area contributed by atoms with Gasteiger partial charge in [0, 0.05) is 1.37 Å². The standard InChI is InChI=1S/C8H14/c1-4-7-5-8(2,3)6-7/h4,7H,1,5-6H2,2-3H3/i5D. The van der Waals surface area contributed by atoms with Crippen molar-refractivity contribution in [2.24, 2.45) is 11.3 Å². The topological polar surface area (TPSA) is 0 Å². The third kappa shape index (κ3) is 0.936. The fourth-order valence-electron chi connectivity index (χ4n) is 1.30. The van der Waals surface area contributed by atoms with Gasteiger partial charge in [-0.15, -0.1) is 6.58 Å². The van der Waals surface area contributed by atoms with Gasteiger partial charge in [-0.2, -0.15) is 0 Å². The molecule has 2 atom stereocenters. The number of hydrogen-bond donors (Lipinski definition) is 0. The molecule has 8 heavy (non-hydrogen) atoms. The van der Waals surface area contributed by atoms with E-state index in [9.17, 15) is 0 Å². The van der Waals surface area contributed by atoms with Crippen molar-refractivity contribution in [1.82, 2.24) is 0 Å². The summed E-state index contributed by atoms with van der Waals surface area (Å²) < 4.78 is 7.60. The molecule has 0 aromatic carbocycles. The monoisotopic (exact) mass is 111 g/mol. The molecule has 0 aliphatic heterocycles. The van der Waals surface area contributed by atoms with Crippen molar-refractivity contribution in [3.8, 4) is 0 Å². The first-order valence-corrected chi connectivity index (χ1v) is 3.13. The van der Waals surface area contributed by atoms with E-state index >= 15 is 0 Å². The fourth-order valence-corrected chi connectivity index (χ4v) is 1.30. The van der Waals surface area contributed by atoms with Crippen molar-refractivity contribution in [2.45, 2.75) is 26.7 Å². The molecular formula is C8H14. The lowest BCUT2D eigenvalue weighted by Crippen LogP contribution is -2.29. The van der Waals surface area contributed by atoms with Crippen LogP contribution >= 0.6 is 0 Å². The minimum Gasteiger partial charge on any atom is -0.103 e. The van der Waals surface area contributed by atoms with Gasteiger partial charge in [-0.3, -0.25) is 0 Å². The summed E-state index contributed by atoms with van der Waals surface area (Å²) in [4.78, 5) is 0. The Morgan fingerprint density at radius 1 is 1.88 bits per heavy atom. The van der Waals surface area contributed by atoms with Crippen LogP contribution in [0.3, 0.4) is 0 Å². The first kappa shape index (κ1) is 4.60. The summed E-state index contributed by atoms with van der Waals surface area (Å²) >= 11 is 0. The van der Waals surface area contributed by atoms with Gasteiger partial charge in [0.2, 0.25) is 0 Å². The molecule has 0 bridgehead atoms. The summed E-state index contributed by atoms with van der Waals surface area (Å²) in [5, 5.41) is 0. The van der Waals surface area contributed by atoms with Gasteiger partial charge >= 0.3 is 0 Å². The second kappa shape index (κ2) is 1.61. The predicted molar refractivity (Wildman–Crippen MR) is 36.7 cm³/mol. The molecule has 0 heteroatoms. The van der Waals surface area contributed by atoms with Crippen LogP contribution in [0.15, 0.2) is 12.7 Å². The van der Waals surface area contributed by atoms with Crippen LogP contribution in [0.25, 0.3) is 0 Å². The smallest absolute Gasteiger partial charge is 0.0278 e. The van der Waals surface area contributed by atoms with Crippen molar-refractivity contribution in [3.63, 3.8) is 0 Å². The lowest BCUT2D eigenvalue weighted by molar-refractivity contribution is 0.132. The molecule has 0 spiro atoms. The Morgan fingerprint density at radius 3 is 2.62 bits per heavy atom. The Labute approximate surface area is 53.0 Å². The average Bonchev–Trinajstić information content (AvgIpc) is 1.82. The summed E-state index contributed by atoms with van der Waals surface area (Å²) in [6.45, 7) is 7.97. The van der Waals surface area contributed by atoms with Crippen LogP contribution in [0.2, 0.25) is 0 Å². The summed E-state index contributed by atoms with van der Waals surface area (Å²) in [6, 6.07) is 0. The van der Waals surface area contributed by atoms with Crippen LogP contribution in [0.5, 0.6) is 0 Å². The largest absolute Gasteiger partial charge is 0.103 e. The SMILES string of the molecule is [2H]C1C(C=C)CC1(C)C. The zero-order valence-corrected chi connectivity index (χ0v) is 5.65. The van der Waals surface area contributed by atoms with Gasteiger partial charge < -0.3 is 0 Å². The van der Waals surface area contributed by atoms with E-state index in [1.54, 1.807) is 0 Å². The third-order valence-electron chi connectivity index (χ3n) is 1.73. The maximum Gasteiger partial charge on any atom is 0.0278 e. The highest BCUT2D eigenvalue weighted by molar-refractivity contribution is 4.95. The summed E-state index contributed by atoms with van der Waals surface area (Å²) in [5.74, 6) is 0.458. The normalized spacial score (nSPS) is 44.5. The van der Waals surface area contributed by atoms with Gasteiger partial charge in [-0.05, 0) is 24.2 Å². The predicted octanol–water partition coefficient (Wildman–Crippen LogP) is 2.61. The van der Waals surface area contributed by atoms with Gasteiger partial charge in [0.25, 0.3) is 0 Å². The maximum absolute atomic E-state index is 7.60. The Hall–Kier alpha value is -0.260. The Morgan fingerprint density at radius 2 is 2.50 bits per heavy atom. The second-order valence-corrected chi connectivity index (χ2v) is 3.26. The van der Waals surface area contributed by atoms with Gasteiger partial charge in [-0.25, -0.2) is 0 Å². The van der Waals surface area contributed by atoms with Crippen LogP contribution in [-0.2, 0) is 0 Å². The van der Waals surface area contributed by atoms with Crippen LogP contribution < -0.4 is 0 Å². The highest BCUT2D eigenvalue weighted by Gasteiger charge is 2.33. The van der Waals surface area contributed by atoms with E-state index in [4.69, 9.17) is 1.37 Å². The maximum atomic E-state index is 7.60. The van der Waals surface area contributed by atoms with E-state index < -0.39 is 0 Å². The molecule has 2 unspecified atom stereocenters. The molecular weight excluding hydrogens is 96.1 g/mol. The van der Waals surface area contributed by atoms with E-state index in [0.717, 1.165) is 6.42 Å². The summed E-state index contributed by atoms with van der Waals surface area (Å²) in [7, 11) is 0.